The van der Waals surface area contributed by atoms with Gasteiger partial charge in [-0.1, -0.05) is 23.2 Å². The molecule has 7 heteroatoms. The van der Waals surface area contributed by atoms with Crippen LogP contribution in [0.25, 0.3) is 22.6 Å². The summed E-state index contributed by atoms with van der Waals surface area (Å²) < 4.78 is 1.69. The molecule has 0 fully saturated rings. The molecule has 0 atom stereocenters. The standard InChI is InChI=1S/C14H11Cl2N5/c1-21-7-8(6-18-21)12-5-13(17)20-14(19-12)10-4-9(15)2-3-11(10)16/h2-7H,1H3,(H2,17,19,20). The van der Waals surface area contributed by atoms with Crippen LogP contribution in [0.3, 0.4) is 0 Å². The zero-order valence-corrected chi connectivity index (χ0v) is 12.6. The molecule has 0 amide bonds. The van der Waals surface area contributed by atoms with Gasteiger partial charge in [0, 0.05) is 35.5 Å². The van der Waals surface area contributed by atoms with Gasteiger partial charge in [-0.3, -0.25) is 4.68 Å². The highest BCUT2D eigenvalue weighted by Gasteiger charge is 2.12. The largest absolute Gasteiger partial charge is 0.384 e. The highest BCUT2D eigenvalue weighted by molar-refractivity contribution is 6.35. The number of aromatic nitrogens is 4. The number of nitrogens with two attached hydrogens (primary N) is 1. The second-order valence-corrected chi connectivity index (χ2v) is 5.37. The van der Waals surface area contributed by atoms with Gasteiger partial charge >= 0.3 is 0 Å². The molecule has 0 saturated heterocycles. The minimum Gasteiger partial charge on any atom is -0.384 e. The number of benzene rings is 1. The van der Waals surface area contributed by atoms with Crippen molar-refractivity contribution in [2.75, 3.05) is 5.73 Å². The number of anilines is 1. The predicted molar refractivity (Wildman–Crippen MR) is 84.1 cm³/mol. The zero-order chi connectivity index (χ0) is 15.0. The van der Waals surface area contributed by atoms with E-state index in [1.54, 1.807) is 35.1 Å². The molecule has 0 aliphatic heterocycles. The lowest BCUT2D eigenvalue weighted by Gasteiger charge is -2.07. The van der Waals surface area contributed by atoms with Gasteiger partial charge in [0.2, 0.25) is 0 Å². The van der Waals surface area contributed by atoms with Crippen molar-refractivity contribution in [2.45, 2.75) is 0 Å². The summed E-state index contributed by atoms with van der Waals surface area (Å²) in [6, 6.07) is 6.82. The third-order valence-corrected chi connectivity index (χ3v) is 3.48. The predicted octanol–water partition coefficient (Wildman–Crippen LogP) is 3.43. The third-order valence-electron chi connectivity index (χ3n) is 2.92. The van der Waals surface area contributed by atoms with Crippen molar-refractivity contribution in [3.05, 3.63) is 46.7 Å². The molecular weight excluding hydrogens is 309 g/mol. The molecule has 0 radical (unpaired) electrons. The van der Waals surface area contributed by atoms with Crippen LogP contribution in [0.4, 0.5) is 5.82 Å². The molecule has 0 aliphatic carbocycles. The van der Waals surface area contributed by atoms with Crippen LogP contribution in [0, 0.1) is 0 Å². The minimum absolute atomic E-state index is 0.356. The van der Waals surface area contributed by atoms with E-state index in [9.17, 15) is 0 Å². The maximum atomic E-state index is 6.19. The fraction of sp³-hybridized carbons (Fsp3) is 0.0714. The van der Waals surface area contributed by atoms with Crippen LogP contribution in [0.5, 0.6) is 0 Å². The van der Waals surface area contributed by atoms with Crippen LogP contribution in [-0.2, 0) is 7.05 Å². The highest BCUT2D eigenvalue weighted by atomic mass is 35.5. The molecule has 0 spiro atoms. The molecule has 0 aliphatic rings. The first-order valence-corrected chi connectivity index (χ1v) is 6.87. The summed E-state index contributed by atoms with van der Waals surface area (Å²) >= 11 is 12.2. The van der Waals surface area contributed by atoms with E-state index in [4.69, 9.17) is 28.9 Å². The van der Waals surface area contributed by atoms with Gasteiger partial charge in [-0.15, -0.1) is 0 Å². The van der Waals surface area contributed by atoms with Crippen molar-refractivity contribution >= 4 is 29.0 Å². The average Bonchev–Trinajstić information content (AvgIpc) is 2.87. The van der Waals surface area contributed by atoms with Crippen molar-refractivity contribution in [2.24, 2.45) is 7.05 Å². The minimum atomic E-state index is 0.356. The summed E-state index contributed by atoms with van der Waals surface area (Å²) in [5.74, 6) is 0.788. The van der Waals surface area contributed by atoms with Crippen LogP contribution in [0.15, 0.2) is 36.7 Å². The summed E-state index contributed by atoms with van der Waals surface area (Å²) in [5.41, 5.74) is 8.05. The summed E-state index contributed by atoms with van der Waals surface area (Å²) in [7, 11) is 1.84. The molecule has 3 aromatic rings. The first kappa shape index (κ1) is 13.9. The lowest BCUT2D eigenvalue weighted by atomic mass is 10.2. The van der Waals surface area contributed by atoms with E-state index in [0.717, 1.165) is 5.56 Å². The van der Waals surface area contributed by atoms with E-state index < -0.39 is 0 Å². The molecule has 0 saturated carbocycles. The molecule has 0 unspecified atom stereocenters. The summed E-state index contributed by atoms with van der Waals surface area (Å²) in [6.07, 6.45) is 3.57. The molecule has 2 N–H and O–H groups in total. The number of nitrogens with zero attached hydrogens (tertiary/aromatic N) is 4. The normalized spacial score (nSPS) is 10.8. The van der Waals surface area contributed by atoms with Crippen molar-refractivity contribution in [1.82, 2.24) is 19.7 Å². The highest BCUT2D eigenvalue weighted by Crippen LogP contribution is 2.30. The van der Waals surface area contributed by atoms with Gasteiger partial charge < -0.3 is 5.73 Å². The molecule has 2 aromatic heterocycles. The van der Waals surface area contributed by atoms with Gasteiger partial charge in [-0.2, -0.15) is 5.10 Å². The first-order chi connectivity index (χ1) is 10.0. The number of hydrogen-bond donors (Lipinski definition) is 1. The van der Waals surface area contributed by atoms with Crippen molar-refractivity contribution in [1.29, 1.82) is 0 Å². The van der Waals surface area contributed by atoms with E-state index in [2.05, 4.69) is 15.1 Å². The Bertz CT molecular complexity index is 813. The van der Waals surface area contributed by atoms with Crippen molar-refractivity contribution in [3.63, 3.8) is 0 Å². The summed E-state index contributed by atoms with van der Waals surface area (Å²) in [6.45, 7) is 0. The van der Waals surface area contributed by atoms with Crippen LogP contribution < -0.4 is 5.73 Å². The Balaban J connectivity index is 2.16. The van der Waals surface area contributed by atoms with Crippen molar-refractivity contribution in [3.8, 4) is 22.6 Å². The van der Waals surface area contributed by atoms with Gasteiger partial charge in [-0.25, -0.2) is 9.97 Å². The van der Waals surface area contributed by atoms with Gasteiger partial charge in [0.05, 0.1) is 16.9 Å². The fourth-order valence-electron chi connectivity index (χ4n) is 1.96. The van der Waals surface area contributed by atoms with Gasteiger partial charge in [0.25, 0.3) is 0 Å². The maximum absolute atomic E-state index is 6.19. The molecule has 106 valence electrons. The molecule has 1 aromatic carbocycles. The van der Waals surface area contributed by atoms with E-state index in [0.29, 0.717) is 32.9 Å². The number of rotatable bonds is 2. The number of hydrogen-bond acceptors (Lipinski definition) is 4. The van der Waals surface area contributed by atoms with Crippen molar-refractivity contribution < 1.29 is 0 Å². The Hall–Kier alpha value is -2.11. The van der Waals surface area contributed by atoms with Gasteiger partial charge in [0.1, 0.15) is 5.82 Å². The molecule has 21 heavy (non-hydrogen) atoms. The van der Waals surface area contributed by atoms with Gasteiger partial charge in [0.15, 0.2) is 5.82 Å². The number of aryl methyl sites for hydroxylation is 1. The summed E-state index contributed by atoms with van der Waals surface area (Å²) in [4.78, 5) is 8.74. The maximum Gasteiger partial charge on any atom is 0.163 e. The third kappa shape index (κ3) is 2.84. The lowest BCUT2D eigenvalue weighted by molar-refractivity contribution is 0.768. The average molecular weight is 320 g/mol. The monoisotopic (exact) mass is 319 g/mol. The second-order valence-electron chi connectivity index (χ2n) is 4.53. The second kappa shape index (κ2) is 5.35. The topological polar surface area (TPSA) is 69.6 Å². The Labute approximate surface area is 131 Å². The van der Waals surface area contributed by atoms with Gasteiger partial charge in [-0.05, 0) is 18.2 Å². The quantitative estimate of drug-likeness (QED) is 0.785. The molecule has 3 rings (SSSR count). The van der Waals surface area contributed by atoms with Crippen LogP contribution >= 0.6 is 23.2 Å². The smallest absolute Gasteiger partial charge is 0.163 e. The van der Waals surface area contributed by atoms with E-state index in [-0.39, 0.29) is 0 Å². The molecule has 0 bridgehead atoms. The molecular formula is C14H11Cl2N5. The Kier molecular flexibility index (Phi) is 3.53. The molecule has 2 heterocycles. The lowest BCUT2D eigenvalue weighted by Crippen LogP contribution is -1.98. The van der Waals surface area contributed by atoms with Crippen LogP contribution in [-0.4, -0.2) is 19.7 Å². The SMILES string of the molecule is Cn1cc(-c2cc(N)nc(-c3cc(Cl)ccc3Cl)n2)cn1. The van der Waals surface area contributed by atoms with Crippen LogP contribution in [0.2, 0.25) is 10.0 Å². The summed E-state index contributed by atoms with van der Waals surface area (Å²) in [5, 5.41) is 5.20. The Morgan fingerprint density at radius 3 is 2.67 bits per heavy atom. The number of nitrogen functional groups attached to an aromatic ring is 1. The molecule has 5 nitrogen and oxygen atoms in total. The number of halogens is 2. The zero-order valence-electron chi connectivity index (χ0n) is 11.1. The van der Waals surface area contributed by atoms with E-state index in [1.165, 1.54) is 0 Å². The Morgan fingerprint density at radius 1 is 1.14 bits per heavy atom. The van der Waals surface area contributed by atoms with E-state index >= 15 is 0 Å². The first-order valence-electron chi connectivity index (χ1n) is 6.12. The fourth-order valence-corrected chi connectivity index (χ4v) is 2.33. The Morgan fingerprint density at radius 2 is 1.95 bits per heavy atom. The van der Waals surface area contributed by atoms with Crippen LogP contribution in [0.1, 0.15) is 0 Å². The van der Waals surface area contributed by atoms with E-state index in [1.807, 2.05) is 13.2 Å².